The summed E-state index contributed by atoms with van der Waals surface area (Å²) in [6.07, 6.45) is -3.30. The molecule has 2 aromatic rings. The van der Waals surface area contributed by atoms with Crippen molar-refractivity contribution in [2.45, 2.75) is 6.36 Å². The van der Waals surface area contributed by atoms with Crippen molar-refractivity contribution in [1.82, 2.24) is 4.98 Å². The largest absolute Gasteiger partial charge is 0.573 e. The maximum absolute atomic E-state index is 12.2. The van der Waals surface area contributed by atoms with E-state index in [2.05, 4.69) is 15.0 Å². The van der Waals surface area contributed by atoms with Crippen LogP contribution in [0.4, 0.5) is 18.9 Å². The smallest absolute Gasteiger partial charge is 0.403 e. The number of fused-ring (bicyclic) bond motifs is 1. The summed E-state index contributed by atoms with van der Waals surface area (Å²) in [6, 6.07) is 6.09. The second-order valence-corrected chi connectivity index (χ2v) is 3.31. The quantitative estimate of drug-likeness (QED) is 0.878. The van der Waals surface area contributed by atoms with Crippen molar-refractivity contribution in [2.24, 2.45) is 0 Å². The molecule has 1 aromatic carbocycles. The van der Waals surface area contributed by atoms with Crippen molar-refractivity contribution in [3.05, 3.63) is 30.5 Å². The van der Waals surface area contributed by atoms with E-state index in [0.29, 0.717) is 11.1 Å². The van der Waals surface area contributed by atoms with Crippen LogP contribution >= 0.6 is 0 Å². The average molecular weight is 242 g/mol. The molecule has 90 valence electrons. The SMILES string of the molecule is CNc1ccc(OC(F)(F)F)c2ncccc12. The molecule has 0 unspecified atom stereocenters. The molecule has 0 amide bonds. The van der Waals surface area contributed by atoms with Gasteiger partial charge in [0.1, 0.15) is 5.52 Å². The second kappa shape index (κ2) is 4.12. The molecule has 0 aliphatic rings. The van der Waals surface area contributed by atoms with Crippen LogP contribution in [0.5, 0.6) is 5.75 Å². The Balaban J connectivity index is 2.59. The van der Waals surface area contributed by atoms with E-state index in [9.17, 15) is 13.2 Å². The van der Waals surface area contributed by atoms with E-state index in [-0.39, 0.29) is 11.3 Å². The van der Waals surface area contributed by atoms with Gasteiger partial charge in [0.25, 0.3) is 0 Å². The lowest BCUT2D eigenvalue weighted by Crippen LogP contribution is -2.17. The molecular formula is C11H9F3N2O. The third kappa shape index (κ3) is 2.41. The first-order valence-corrected chi connectivity index (χ1v) is 4.82. The van der Waals surface area contributed by atoms with Gasteiger partial charge >= 0.3 is 6.36 Å². The number of halogens is 3. The van der Waals surface area contributed by atoms with Gasteiger partial charge in [-0.1, -0.05) is 0 Å². The molecule has 0 saturated heterocycles. The maximum atomic E-state index is 12.2. The molecule has 0 atom stereocenters. The van der Waals surface area contributed by atoms with Crippen LogP contribution in [0, 0.1) is 0 Å². The number of nitrogens with zero attached hydrogens (tertiary/aromatic N) is 1. The van der Waals surface area contributed by atoms with Crippen molar-refractivity contribution in [3.8, 4) is 5.75 Å². The van der Waals surface area contributed by atoms with E-state index in [4.69, 9.17) is 0 Å². The number of rotatable bonds is 2. The van der Waals surface area contributed by atoms with Crippen molar-refractivity contribution < 1.29 is 17.9 Å². The highest BCUT2D eigenvalue weighted by Gasteiger charge is 2.32. The molecule has 0 aliphatic carbocycles. The molecule has 6 heteroatoms. The van der Waals surface area contributed by atoms with Crippen molar-refractivity contribution in [2.75, 3.05) is 12.4 Å². The van der Waals surface area contributed by atoms with Crippen molar-refractivity contribution in [1.29, 1.82) is 0 Å². The number of anilines is 1. The van der Waals surface area contributed by atoms with Crippen LogP contribution in [0.1, 0.15) is 0 Å². The number of aromatic nitrogens is 1. The lowest BCUT2D eigenvalue weighted by atomic mass is 10.1. The number of pyridine rings is 1. The van der Waals surface area contributed by atoms with Gasteiger partial charge in [-0.25, -0.2) is 0 Å². The van der Waals surface area contributed by atoms with Crippen LogP contribution in [0.25, 0.3) is 10.9 Å². The Morgan fingerprint density at radius 1 is 1.24 bits per heavy atom. The van der Waals surface area contributed by atoms with Crippen LogP contribution in [0.15, 0.2) is 30.5 Å². The monoisotopic (exact) mass is 242 g/mol. The van der Waals surface area contributed by atoms with E-state index in [1.54, 1.807) is 19.2 Å². The highest BCUT2D eigenvalue weighted by Crippen LogP contribution is 2.32. The fourth-order valence-electron chi connectivity index (χ4n) is 1.57. The number of hydrogen-bond donors (Lipinski definition) is 1. The molecule has 1 N–H and O–H groups in total. The van der Waals surface area contributed by atoms with Crippen molar-refractivity contribution >= 4 is 16.6 Å². The number of benzene rings is 1. The highest BCUT2D eigenvalue weighted by atomic mass is 19.4. The normalized spacial score (nSPS) is 11.5. The Morgan fingerprint density at radius 2 is 2.00 bits per heavy atom. The Bertz CT molecular complexity index is 540. The summed E-state index contributed by atoms with van der Waals surface area (Å²) >= 11 is 0. The van der Waals surface area contributed by atoms with Gasteiger partial charge in [-0.05, 0) is 24.3 Å². The third-order valence-electron chi connectivity index (χ3n) is 2.23. The highest BCUT2D eigenvalue weighted by molar-refractivity contribution is 5.95. The summed E-state index contributed by atoms with van der Waals surface area (Å²) in [4.78, 5) is 3.91. The Hall–Kier alpha value is -1.98. The zero-order valence-electron chi connectivity index (χ0n) is 8.88. The molecule has 0 radical (unpaired) electrons. The minimum atomic E-state index is -4.72. The van der Waals surface area contributed by atoms with Gasteiger partial charge < -0.3 is 10.1 Å². The van der Waals surface area contributed by atoms with Crippen LogP contribution in [-0.4, -0.2) is 18.4 Å². The number of nitrogens with one attached hydrogen (secondary N) is 1. The molecule has 0 saturated carbocycles. The van der Waals surface area contributed by atoms with Crippen molar-refractivity contribution in [3.63, 3.8) is 0 Å². The second-order valence-electron chi connectivity index (χ2n) is 3.31. The van der Waals surface area contributed by atoms with Crippen LogP contribution in [0.2, 0.25) is 0 Å². The van der Waals surface area contributed by atoms with E-state index in [1.165, 1.54) is 18.3 Å². The molecule has 0 fully saturated rings. The van der Waals surface area contributed by atoms with Gasteiger partial charge in [0.05, 0.1) is 0 Å². The minimum Gasteiger partial charge on any atom is -0.403 e. The Kier molecular flexibility index (Phi) is 2.79. The topological polar surface area (TPSA) is 34.1 Å². The summed E-state index contributed by atoms with van der Waals surface area (Å²) < 4.78 is 40.5. The first kappa shape index (κ1) is 11.5. The first-order valence-electron chi connectivity index (χ1n) is 4.82. The fraction of sp³-hybridized carbons (Fsp3) is 0.182. The third-order valence-corrected chi connectivity index (χ3v) is 2.23. The van der Waals surface area contributed by atoms with Crippen LogP contribution < -0.4 is 10.1 Å². The summed E-state index contributed by atoms with van der Waals surface area (Å²) in [5, 5.41) is 3.46. The number of ether oxygens (including phenoxy) is 1. The summed E-state index contributed by atoms with van der Waals surface area (Å²) in [5.41, 5.74) is 0.874. The lowest BCUT2D eigenvalue weighted by molar-refractivity contribution is -0.274. The molecule has 17 heavy (non-hydrogen) atoms. The first-order chi connectivity index (χ1) is 8.01. The standard InChI is InChI=1S/C11H9F3N2O/c1-15-8-4-5-9(17-11(12,13)14)10-7(8)3-2-6-16-10/h2-6,15H,1H3. The van der Waals surface area contributed by atoms with E-state index < -0.39 is 6.36 Å². The van der Waals surface area contributed by atoms with Crippen LogP contribution in [-0.2, 0) is 0 Å². The van der Waals surface area contributed by atoms with Crippen LogP contribution in [0.3, 0.4) is 0 Å². The Morgan fingerprint density at radius 3 is 2.65 bits per heavy atom. The summed E-state index contributed by atoms with van der Waals surface area (Å²) in [6.45, 7) is 0. The maximum Gasteiger partial charge on any atom is 0.573 e. The van der Waals surface area contributed by atoms with Gasteiger partial charge in [0, 0.05) is 24.3 Å². The Labute approximate surface area is 95.2 Å². The van der Waals surface area contributed by atoms with Gasteiger partial charge in [0.2, 0.25) is 0 Å². The van der Waals surface area contributed by atoms with Gasteiger partial charge in [0.15, 0.2) is 5.75 Å². The molecule has 0 spiro atoms. The predicted molar refractivity (Wildman–Crippen MR) is 58.0 cm³/mol. The number of alkyl halides is 3. The molecule has 0 bridgehead atoms. The molecule has 0 aliphatic heterocycles. The summed E-state index contributed by atoms with van der Waals surface area (Å²) in [7, 11) is 1.69. The molecule has 1 aromatic heterocycles. The average Bonchev–Trinajstić information content (AvgIpc) is 2.28. The van der Waals surface area contributed by atoms with E-state index >= 15 is 0 Å². The van der Waals surface area contributed by atoms with Gasteiger partial charge in [-0.15, -0.1) is 13.2 Å². The zero-order chi connectivity index (χ0) is 12.5. The van der Waals surface area contributed by atoms with E-state index in [0.717, 1.165) is 0 Å². The zero-order valence-corrected chi connectivity index (χ0v) is 8.88. The molecule has 3 nitrogen and oxygen atoms in total. The molecule has 1 heterocycles. The number of hydrogen-bond acceptors (Lipinski definition) is 3. The van der Waals surface area contributed by atoms with E-state index in [1.807, 2.05) is 0 Å². The minimum absolute atomic E-state index is 0.177. The molecule has 2 rings (SSSR count). The van der Waals surface area contributed by atoms with Gasteiger partial charge in [-0.3, -0.25) is 4.98 Å². The predicted octanol–water partition coefficient (Wildman–Crippen LogP) is 3.18. The van der Waals surface area contributed by atoms with Gasteiger partial charge in [-0.2, -0.15) is 0 Å². The fourth-order valence-corrected chi connectivity index (χ4v) is 1.57. The molecular weight excluding hydrogens is 233 g/mol. The lowest BCUT2D eigenvalue weighted by Gasteiger charge is -2.12. The summed E-state index contributed by atoms with van der Waals surface area (Å²) in [5.74, 6) is -0.299.